The number of methoxy groups -OCH3 is 1. The summed E-state index contributed by atoms with van der Waals surface area (Å²) >= 11 is 0. The SMILES string of the molecule is CCC(=O)Nc1ccc(C(=O)COC(=O)c2ccc(OC)cc2F)cc1. The topological polar surface area (TPSA) is 81.7 Å². The molecule has 0 spiro atoms. The standard InChI is InChI=1S/C19H18FNO5/c1-3-18(23)21-13-6-4-12(5-7-13)17(22)11-26-19(24)15-9-8-14(25-2)10-16(15)20/h4-10H,3,11H2,1-2H3,(H,21,23). The van der Waals surface area contributed by atoms with Crippen LogP contribution in [-0.4, -0.2) is 31.4 Å². The molecule has 7 heteroatoms. The van der Waals surface area contributed by atoms with Gasteiger partial charge in [-0.2, -0.15) is 0 Å². The zero-order chi connectivity index (χ0) is 19.1. The second kappa shape index (κ2) is 8.75. The second-order valence-corrected chi connectivity index (χ2v) is 5.32. The maximum atomic E-state index is 13.8. The molecule has 0 unspecified atom stereocenters. The lowest BCUT2D eigenvalue weighted by Gasteiger charge is -2.07. The minimum absolute atomic E-state index is 0.139. The van der Waals surface area contributed by atoms with E-state index in [1.54, 1.807) is 19.1 Å². The van der Waals surface area contributed by atoms with Crippen molar-refractivity contribution in [1.82, 2.24) is 0 Å². The molecule has 0 saturated carbocycles. The molecule has 26 heavy (non-hydrogen) atoms. The van der Waals surface area contributed by atoms with Crippen molar-refractivity contribution < 1.29 is 28.2 Å². The average Bonchev–Trinajstić information content (AvgIpc) is 2.66. The van der Waals surface area contributed by atoms with Gasteiger partial charge in [0.25, 0.3) is 0 Å². The quantitative estimate of drug-likeness (QED) is 0.606. The predicted molar refractivity (Wildman–Crippen MR) is 92.9 cm³/mol. The molecule has 2 rings (SSSR count). The van der Waals surface area contributed by atoms with Crippen molar-refractivity contribution in [2.24, 2.45) is 0 Å². The van der Waals surface area contributed by atoms with Crippen LogP contribution in [0.1, 0.15) is 34.1 Å². The number of carbonyl (C=O) groups is 3. The van der Waals surface area contributed by atoms with Crippen molar-refractivity contribution in [3.8, 4) is 5.75 Å². The van der Waals surface area contributed by atoms with Gasteiger partial charge in [-0.3, -0.25) is 9.59 Å². The molecular weight excluding hydrogens is 341 g/mol. The third-order valence-corrected chi connectivity index (χ3v) is 3.54. The third kappa shape index (κ3) is 4.89. The number of amides is 1. The van der Waals surface area contributed by atoms with E-state index in [1.807, 2.05) is 0 Å². The molecule has 2 aromatic carbocycles. The Balaban J connectivity index is 1.95. The van der Waals surface area contributed by atoms with Crippen molar-refractivity contribution in [3.05, 3.63) is 59.4 Å². The van der Waals surface area contributed by atoms with Crippen LogP contribution >= 0.6 is 0 Å². The molecule has 0 aliphatic carbocycles. The number of ketones is 1. The highest BCUT2D eigenvalue weighted by Crippen LogP contribution is 2.17. The Bertz CT molecular complexity index is 817. The lowest BCUT2D eigenvalue weighted by Crippen LogP contribution is -2.15. The second-order valence-electron chi connectivity index (χ2n) is 5.32. The van der Waals surface area contributed by atoms with E-state index in [2.05, 4.69) is 5.32 Å². The number of carbonyl (C=O) groups excluding carboxylic acids is 3. The molecule has 6 nitrogen and oxygen atoms in total. The molecule has 1 amide bonds. The van der Waals surface area contributed by atoms with Crippen LogP contribution in [0.25, 0.3) is 0 Å². The van der Waals surface area contributed by atoms with E-state index in [4.69, 9.17) is 9.47 Å². The van der Waals surface area contributed by atoms with Gasteiger partial charge < -0.3 is 14.8 Å². The van der Waals surface area contributed by atoms with Gasteiger partial charge in [0, 0.05) is 23.7 Å². The first-order valence-electron chi connectivity index (χ1n) is 7.88. The molecule has 1 N–H and O–H groups in total. The smallest absolute Gasteiger partial charge is 0.341 e. The summed E-state index contributed by atoms with van der Waals surface area (Å²) in [5.41, 5.74) is 0.587. The van der Waals surface area contributed by atoms with E-state index in [0.29, 0.717) is 17.7 Å². The Kier molecular flexibility index (Phi) is 6.43. The van der Waals surface area contributed by atoms with E-state index in [0.717, 1.165) is 6.07 Å². The number of hydrogen-bond acceptors (Lipinski definition) is 5. The molecule has 136 valence electrons. The van der Waals surface area contributed by atoms with Crippen molar-refractivity contribution in [2.75, 3.05) is 19.0 Å². The fraction of sp³-hybridized carbons (Fsp3) is 0.211. The number of halogens is 1. The van der Waals surface area contributed by atoms with Crippen molar-refractivity contribution in [1.29, 1.82) is 0 Å². The summed E-state index contributed by atoms with van der Waals surface area (Å²) in [5, 5.41) is 2.66. The fourth-order valence-electron chi connectivity index (χ4n) is 2.07. The van der Waals surface area contributed by atoms with E-state index in [9.17, 15) is 18.8 Å². The molecule has 0 fully saturated rings. The Morgan fingerprint density at radius 3 is 2.35 bits per heavy atom. The van der Waals surface area contributed by atoms with Gasteiger partial charge in [0.1, 0.15) is 11.6 Å². The number of hydrogen-bond donors (Lipinski definition) is 1. The molecule has 0 bridgehead atoms. The van der Waals surface area contributed by atoms with Gasteiger partial charge in [-0.25, -0.2) is 9.18 Å². The van der Waals surface area contributed by atoms with E-state index in [-0.39, 0.29) is 17.2 Å². The molecule has 0 radical (unpaired) electrons. The van der Waals surface area contributed by atoms with Crippen LogP contribution in [0.2, 0.25) is 0 Å². The van der Waals surface area contributed by atoms with Crippen LogP contribution in [0.5, 0.6) is 5.75 Å². The van der Waals surface area contributed by atoms with Gasteiger partial charge in [-0.1, -0.05) is 6.92 Å². The highest BCUT2D eigenvalue weighted by Gasteiger charge is 2.16. The maximum Gasteiger partial charge on any atom is 0.341 e. The van der Waals surface area contributed by atoms with Gasteiger partial charge in [0.15, 0.2) is 12.4 Å². The van der Waals surface area contributed by atoms with Gasteiger partial charge in [0.2, 0.25) is 5.91 Å². The number of benzene rings is 2. The van der Waals surface area contributed by atoms with E-state index in [1.165, 1.54) is 31.4 Å². The first-order valence-corrected chi connectivity index (χ1v) is 7.88. The minimum atomic E-state index is -0.940. The first-order chi connectivity index (χ1) is 12.4. The highest BCUT2D eigenvalue weighted by molar-refractivity contribution is 6.00. The minimum Gasteiger partial charge on any atom is -0.497 e. The van der Waals surface area contributed by atoms with Gasteiger partial charge >= 0.3 is 5.97 Å². The molecule has 0 aromatic heterocycles. The molecule has 0 atom stereocenters. The summed E-state index contributed by atoms with van der Waals surface area (Å²) in [6.07, 6.45) is 0.346. The van der Waals surface area contributed by atoms with Crippen LogP contribution in [0.4, 0.5) is 10.1 Å². The number of ether oxygens (including phenoxy) is 2. The van der Waals surface area contributed by atoms with Crippen LogP contribution in [-0.2, 0) is 9.53 Å². The van der Waals surface area contributed by atoms with Crippen LogP contribution in [0.3, 0.4) is 0 Å². The number of rotatable bonds is 7. The van der Waals surface area contributed by atoms with Gasteiger partial charge in [0.05, 0.1) is 12.7 Å². The maximum absolute atomic E-state index is 13.8. The Morgan fingerprint density at radius 2 is 1.77 bits per heavy atom. The Morgan fingerprint density at radius 1 is 1.08 bits per heavy atom. The van der Waals surface area contributed by atoms with Gasteiger partial charge in [-0.05, 0) is 36.4 Å². The molecule has 0 heterocycles. The largest absolute Gasteiger partial charge is 0.497 e. The molecule has 2 aromatic rings. The predicted octanol–water partition coefficient (Wildman–Crippen LogP) is 3.22. The summed E-state index contributed by atoms with van der Waals surface area (Å²) < 4.78 is 23.5. The summed E-state index contributed by atoms with van der Waals surface area (Å²) in [7, 11) is 1.38. The summed E-state index contributed by atoms with van der Waals surface area (Å²) in [5.74, 6) is -2.05. The molecule has 0 aliphatic rings. The average molecular weight is 359 g/mol. The summed E-state index contributed by atoms with van der Waals surface area (Å²) in [6.45, 7) is 1.21. The Labute approximate surface area is 149 Å². The van der Waals surface area contributed by atoms with Crippen molar-refractivity contribution in [3.63, 3.8) is 0 Å². The highest BCUT2D eigenvalue weighted by atomic mass is 19.1. The van der Waals surface area contributed by atoms with E-state index < -0.39 is 24.2 Å². The van der Waals surface area contributed by atoms with Crippen LogP contribution in [0.15, 0.2) is 42.5 Å². The number of esters is 1. The number of nitrogens with one attached hydrogen (secondary N) is 1. The normalized spacial score (nSPS) is 10.1. The van der Waals surface area contributed by atoms with Crippen LogP contribution < -0.4 is 10.1 Å². The summed E-state index contributed by atoms with van der Waals surface area (Å²) in [6, 6.07) is 9.88. The van der Waals surface area contributed by atoms with Crippen molar-refractivity contribution in [2.45, 2.75) is 13.3 Å². The third-order valence-electron chi connectivity index (χ3n) is 3.54. The van der Waals surface area contributed by atoms with Crippen molar-refractivity contribution >= 4 is 23.3 Å². The number of anilines is 1. The Hall–Kier alpha value is -3.22. The first kappa shape index (κ1) is 19.1. The molecule has 0 aliphatic heterocycles. The van der Waals surface area contributed by atoms with Gasteiger partial charge in [-0.15, -0.1) is 0 Å². The van der Waals surface area contributed by atoms with Crippen LogP contribution in [0, 0.1) is 5.82 Å². The van der Waals surface area contributed by atoms with E-state index >= 15 is 0 Å². The number of Topliss-reactive ketones (excluding diaryl/α,β-unsaturated/α-hetero) is 1. The molecular formula is C19H18FNO5. The summed E-state index contributed by atoms with van der Waals surface area (Å²) in [4.78, 5) is 35.3. The zero-order valence-electron chi connectivity index (χ0n) is 14.4. The lowest BCUT2D eigenvalue weighted by atomic mass is 10.1. The lowest BCUT2D eigenvalue weighted by molar-refractivity contribution is -0.115. The molecule has 0 saturated heterocycles. The monoisotopic (exact) mass is 359 g/mol. The zero-order valence-corrected chi connectivity index (χ0v) is 14.4. The fourth-order valence-corrected chi connectivity index (χ4v) is 2.07.